The van der Waals surface area contributed by atoms with Gasteiger partial charge in [0.2, 0.25) is 0 Å². The minimum Gasteiger partial charge on any atom is -0.388 e. The van der Waals surface area contributed by atoms with E-state index in [4.69, 9.17) is 0 Å². The van der Waals surface area contributed by atoms with Crippen molar-refractivity contribution in [3.8, 4) is 0 Å². The van der Waals surface area contributed by atoms with Crippen molar-refractivity contribution in [2.75, 3.05) is 0 Å². The first-order chi connectivity index (χ1) is 7.27. The van der Waals surface area contributed by atoms with Gasteiger partial charge in [-0.15, -0.1) is 6.58 Å². The van der Waals surface area contributed by atoms with Crippen molar-refractivity contribution in [3.05, 3.63) is 48.0 Å². The Bertz CT molecular complexity index is 287. The smallest absolute Gasteiger partial charge is 0.0824 e. The number of aliphatic hydroxyl groups excluding tert-OH is 1. The maximum Gasteiger partial charge on any atom is 0.0824 e. The molecule has 1 N–H and O–H groups in total. The van der Waals surface area contributed by atoms with E-state index in [1.165, 1.54) is 18.4 Å². The molecule has 0 heterocycles. The van der Waals surface area contributed by atoms with Crippen LogP contribution in [0.4, 0.5) is 0 Å². The van der Waals surface area contributed by atoms with Gasteiger partial charge in [-0.3, -0.25) is 0 Å². The Labute approximate surface area is 92.5 Å². The van der Waals surface area contributed by atoms with E-state index in [9.17, 15) is 5.11 Å². The minimum absolute atomic E-state index is 0.400. The van der Waals surface area contributed by atoms with Gasteiger partial charge in [-0.1, -0.05) is 43.7 Å². The Morgan fingerprint density at radius 1 is 1.33 bits per heavy atom. The highest BCUT2D eigenvalue weighted by Gasteiger charge is 2.04. The van der Waals surface area contributed by atoms with E-state index in [0.29, 0.717) is 6.42 Å². The molecule has 82 valence electrons. The molecule has 1 heteroatoms. The first-order valence-corrected chi connectivity index (χ1v) is 5.65. The van der Waals surface area contributed by atoms with Crippen LogP contribution < -0.4 is 0 Å². The Morgan fingerprint density at radius 2 is 2.00 bits per heavy atom. The zero-order chi connectivity index (χ0) is 11.1. The second-order valence-electron chi connectivity index (χ2n) is 3.89. The summed E-state index contributed by atoms with van der Waals surface area (Å²) in [5.74, 6) is 0. The van der Waals surface area contributed by atoms with E-state index < -0.39 is 6.10 Å². The summed E-state index contributed by atoms with van der Waals surface area (Å²) in [7, 11) is 0. The van der Waals surface area contributed by atoms with Gasteiger partial charge in [-0.25, -0.2) is 0 Å². The highest BCUT2D eigenvalue weighted by Crippen LogP contribution is 2.17. The summed E-state index contributed by atoms with van der Waals surface area (Å²) in [6.45, 7) is 5.82. The fraction of sp³-hybridized carbons (Fsp3) is 0.429. The number of aryl methyl sites for hydroxylation is 1. The third kappa shape index (κ3) is 3.88. The number of benzene rings is 1. The number of hydrogen-bond donors (Lipinski definition) is 1. The minimum atomic E-state index is -0.400. The van der Waals surface area contributed by atoms with Gasteiger partial charge < -0.3 is 5.11 Å². The van der Waals surface area contributed by atoms with Crippen LogP contribution in [0.5, 0.6) is 0 Å². The molecule has 0 aliphatic carbocycles. The highest BCUT2D eigenvalue weighted by atomic mass is 16.3. The van der Waals surface area contributed by atoms with Gasteiger partial charge >= 0.3 is 0 Å². The number of hydrogen-bond acceptors (Lipinski definition) is 1. The lowest BCUT2D eigenvalue weighted by molar-refractivity contribution is 0.181. The summed E-state index contributed by atoms with van der Waals surface area (Å²) in [6.07, 6.45) is 5.55. The summed E-state index contributed by atoms with van der Waals surface area (Å²) in [5, 5.41) is 9.72. The standard InChI is InChI=1S/C14H20O/c1-3-5-7-12-8-10-13(11-9-12)14(15)6-4-2/h4,8-11,14-15H,2-3,5-7H2,1H3/t14-/m1/s1. The zero-order valence-corrected chi connectivity index (χ0v) is 9.45. The fourth-order valence-corrected chi connectivity index (χ4v) is 1.58. The molecule has 0 aliphatic heterocycles. The average molecular weight is 204 g/mol. The Hall–Kier alpha value is -1.08. The molecule has 1 aromatic carbocycles. The van der Waals surface area contributed by atoms with E-state index in [0.717, 1.165) is 12.0 Å². The molecular formula is C14H20O. The molecule has 0 aliphatic rings. The van der Waals surface area contributed by atoms with Crippen molar-refractivity contribution in [1.29, 1.82) is 0 Å². The van der Waals surface area contributed by atoms with Crippen LogP contribution in [0.2, 0.25) is 0 Å². The van der Waals surface area contributed by atoms with Crippen LogP contribution in [-0.4, -0.2) is 5.11 Å². The van der Waals surface area contributed by atoms with Crippen molar-refractivity contribution < 1.29 is 5.11 Å². The van der Waals surface area contributed by atoms with E-state index >= 15 is 0 Å². The predicted molar refractivity (Wildman–Crippen MR) is 64.8 cm³/mol. The highest BCUT2D eigenvalue weighted by molar-refractivity contribution is 5.24. The quantitative estimate of drug-likeness (QED) is 0.701. The van der Waals surface area contributed by atoms with E-state index in [1.807, 2.05) is 12.1 Å². The van der Waals surface area contributed by atoms with Crippen molar-refractivity contribution in [3.63, 3.8) is 0 Å². The van der Waals surface area contributed by atoms with Crippen LogP contribution >= 0.6 is 0 Å². The predicted octanol–water partition coefficient (Wildman–Crippen LogP) is 3.64. The molecule has 0 amide bonds. The SMILES string of the molecule is C=CC[C@@H](O)c1ccc(CCCC)cc1. The molecule has 0 saturated carbocycles. The number of unbranched alkanes of at least 4 members (excludes halogenated alkanes) is 1. The van der Waals surface area contributed by atoms with Crippen molar-refractivity contribution in [1.82, 2.24) is 0 Å². The molecule has 1 nitrogen and oxygen atoms in total. The summed E-state index contributed by atoms with van der Waals surface area (Å²) >= 11 is 0. The summed E-state index contributed by atoms with van der Waals surface area (Å²) in [4.78, 5) is 0. The lowest BCUT2D eigenvalue weighted by atomic mass is 10.0. The molecule has 0 spiro atoms. The van der Waals surface area contributed by atoms with E-state index in [-0.39, 0.29) is 0 Å². The van der Waals surface area contributed by atoms with Crippen molar-refractivity contribution >= 4 is 0 Å². The number of aliphatic hydroxyl groups is 1. The molecule has 1 aromatic rings. The van der Waals surface area contributed by atoms with Crippen molar-refractivity contribution in [2.45, 2.75) is 38.7 Å². The Morgan fingerprint density at radius 3 is 2.53 bits per heavy atom. The number of rotatable bonds is 6. The largest absolute Gasteiger partial charge is 0.388 e. The van der Waals surface area contributed by atoms with Crippen LogP contribution in [0.3, 0.4) is 0 Å². The van der Waals surface area contributed by atoms with Gasteiger partial charge in [0, 0.05) is 0 Å². The molecule has 0 aromatic heterocycles. The van der Waals surface area contributed by atoms with Crippen LogP contribution in [0, 0.1) is 0 Å². The Balaban J connectivity index is 2.59. The van der Waals surface area contributed by atoms with Crippen molar-refractivity contribution in [2.24, 2.45) is 0 Å². The van der Waals surface area contributed by atoms with Crippen LogP contribution in [0.1, 0.15) is 43.4 Å². The monoisotopic (exact) mass is 204 g/mol. The maximum atomic E-state index is 9.72. The lowest BCUT2D eigenvalue weighted by Crippen LogP contribution is -1.95. The molecule has 0 fully saturated rings. The molecule has 1 rings (SSSR count). The van der Waals surface area contributed by atoms with Crippen LogP contribution in [-0.2, 0) is 6.42 Å². The summed E-state index contributed by atoms with van der Waals surface area (Å²) in [5.41, 5.74) is 2.33. The van der Waals surface area contributed by atoms with Gasteiger partial charge in [-0.2, -0.15) is 0 Å². The third-order valence-corrected chi connectivity index (χ3v) is 2.57. The first-order valence-electron chi connectivity index (χ1n) is 5.65. The Kier molecular flexibility index (Phi) is 5.13. The summed E-state index contributed by atoms with van der Waals surface area (Å²) in [6, 6.07) is 8.24. The third-order valence-electron chi connectivity index (χ3n) is 2.57. The van der Waals surface area contributed by atoms with Crippen LogP contribution in [0.25, 0.3) is 0 Å². The molecule has 0 bridgehead atoms. The summed E-state index contributed by atoms with van der Waals surface area (Å²) < 4.78 is 0. The normalized spacial score (nSPS) is 12.4. The van der Waals surface area contributed by atoms with E-state index in [2.05, 4.69) is 25.6 Å². The fourth-order valence-electron chi connectivity index (χ4n) is 1.58. The first kappa shape index (κ1) is 12.0. The van der Waals surface area contributed by atoms with Gasteiger partial charge in [0.05, 0.1) is 6.10 Å². The lowest BCUT2D eigenvalue weighted by Gasteiger charge is -2.09. The van der Waals surface area contributed by atoms with E-state index in [1.54, 1.807) is 6.08 Å². The zero-order valence-electron chi connectivity index (χ0n) is 9.45. The topological polar surface area (TPSA) is 20.2 Å². The molecule has 0 radical (unpaired) electrons. The van der Waals surface area contributed by atoms with Crippen LogP contribution in [0.15, 0.2) is 36.9 Å². The van der Waals surface area contributed by atoms with Gasteiger partial charge in [0.15, 0.2) is 0 Å². The van der Waals surface area contributed by atoms with Gasteiger partial charge in [-0.05, 0) is 30.4 Å². The second kappa shape index (κ2) is 6.41. The molecule has 0 saturated heterocycles. The van der Waals surface area contributed by atoms with Gasteiger partial charge in [0.1, 0.15) is 0 Å². The molecule has 15 heavy (non-hydrogen) atoms. The maximum absolute atomic E-state index is 9.72. The average Bonchev–Trinajstić information content (AvgIpc) is 2.27. The molecular weight excluding hydrogens is 184 g/mol. The second-order valence-corrected chi connectivity index (χ2v) is 3.89. The van der Waals surface area contributed by atoms with Gasteiger partial charge in [0.25, 0.3) is 0 Å². The molecule has 1 atom stereocenters. The molecule has 0 unspecified atom stereocenters.